The molecular weight excluding hydrogens is 222 g/mol. The van der Waals surface area contributed by atoms with Gasteiger partial charge in [0.15, 0.2) is 0 Å². The molecule has 3 rings (SSSR count). The lowest BCUT2D eigenvalue weighted by Crippen LogP contribution is -2.29. The van der Waals surface area contributed by atoms with E-state index in [0.29, 0.717) is 6.04 Å². The third-order valence-electron chi connectivity index (χ3n) is 3.21. The van der Waals surface area contributed by atoms with Crippen LogP contribution in [0.4, 0.5) is 0 Å². The maximum atomic E-state index is 5.97. The average molecular weight is 236 g/mol. The van der Waals surface area contributed by atoms with Crippen LogP contribution in [0.3, 0.4) is 0 Å². The van der Waals surface area contributed by atoms with Crippen LogP contribution in [0, 0.1) is 0 Å². The van der Waals surface area contributed by atoms with E-state index in [1.807, 2.05) is 18.3 Å². The fourth-order valence-corrected chi connectivity index (χ4v) is 2.55. The number of benzene rings is 1. The third-order valence-corrected chi connectivity index (χ3v) is 3.45. The van der Waals surface area contributed by atoms with Crippen molar-refractivity contribution in [1.29, 1.82) is 0 Å². The van der Waals surface area contributed by atoms with Crippen molar-refractivity contribution in [2.45, 2.75) is 18.9 Å². The van der Waals surface area contributed by atoms with E-state index >= 15 is 0 Å². The second-order valence-electron chi connectivity index (χ2n) is 4.27. The molecule has 4 heteroatoms. The highest BCUT2D eigenvalue weighted by Crippen LogP contribution is 2.25. The Labute approximate surface area is 99.4 Å². The van der Waals surface area contributed by atoms with Gasteiger partial charge in [-0.1, -0.05) is 11.6 Å². The lowest BCUT2D eigenvalue weighted by atomic mass is 10.1. The predicted octanol–water partition coefficient (Wildman–Crippen LogP) is 2.61. The van der Waals surface area contributed by atoms with Gasteiger partial charge in [-0.3, -0.25) is 4.68 Å². The number of halogens is 1. The molecule has 1 fully saturated rings. The first-order valence-corrected chi connectivity index (χ1v) is 6.06. The Morgan fingerprint density at radius 3 is 2.94 bits per heavy atom. The van der Waals surface area contributed by atoms with Crippen molar-refractivity contribution in [3.05, 3.63) is 29.4 Å². The summed E-state index contributed by atoms with van der Waals surface area (Å²) >= 11 is 5.97. The molecule has 1 aromatic carbocycles. The zero-order valence-electron chi connectivity index (χ0n) is 8.99. The van der Waals surface area contributed by atoms with E-state index in [1.54, 1.807) is 0 Å². The van der Waals surface area contributed by atoms with Gasteiger partial charge in [-0.25, -0.2) is 0 Å². The van der Waals surface area contributed by atoms with Crippen molar-refractivity contribution in [2.75, 3.05) is 13.1 Å². The Bertz CT molecular complexity index is 500. The molecule has 2 heterocycles. The maximum absolute atomic E-state index is 5.97. The largest absolute Gasteiger partial charge is 0.317 e. The van der Waals surface area contributed by atoms with Gasteiger partial charge in [0, 0.05) is 10.4 Å². The number of nitrogens with one attached hydrogen (secondary N) is 1. The van der Waals surface area contributed by atoms with Crippen LogP contribution in [0.5, 0.6) is 0 Å². The van der Waals surface area contributed by atoms with Gasteiger partial charge < -0.3 is 5.32 Å². The van der Waals surface area contributed by atoms with Crippen molar-refractivity contribution in [3.8, 4) is 0 Å². The second-order valence-corrected chi connectivity index (χ2v) is 4.71. The van der Waals surface area contributed by atoms with Crippen molar-refractivity contribution < 1.29 is 0 Å². The van der Waals surface area contributed by atoms with E-state index in [0.717, 1.165) is 36.3 Å². The van der Waals surface area contributed by atoms with Crippen molar-refractivity contribution >= 4 is 22.5 Å². The van der Waals surface area contributed by atoms with Crippen LogP contribution < -0.4 is 5.32 Å². The number of nitrogens with zero attached hydrogens (tertiary/aromatic N) is 2. The van der Waals surface area contributed by atoms with Gasteiger partial charge in [-0.05, 0) is 44.1 Å². The van der Waals surface area contributed by atoms with Gasteiger partial charge in [0.05, 0.1) is 17.8 Å². The molecule has 2 aromatic rings. The van der Waals surface area contributed by atoms with Crippen LogP contribution in [0.25, 0.3) is 10.9 Å². The van der Waals surface area contributed by atoms with E-state index in [1.165, 1.54) is 5.52 Å². The summed E-state index contributed by atoms with van der Waals surface area (Å²) in [5, 5.41) is 9.77. The minimum Gasteiger partial charge on any atom is -0.317 e. The highest BCUT2D eigenvalue weighted by Gasteiger charge is 2.17. The molecule has 0 atom stereocenters. The smallest absolute Gasteiger partial charge is 0.0686 e. The minimum absolute atomic E-state index is 0.528. The van der Waals surface area contributed by atoms with E-state index in [9.17, 15) is 0 Å². The Morgan fingerprint density at radius 2 is 2.12 bits per heavy atom. The van der Waals surface area contributed by atoms with Crippen molar-refractivity contribution in [2.24, 2.45) is 0 Å². The molecule has 1 aliphatic rings. The van der Waals surface area contributed by atoms with Crippen LogP contribution in [0.2, 0.25) is 5.02 Å². The van der Waals surface area contributed by atoms with Gasteiger partial charge in [-0.2, -0.15) is 5.10 Å². The summed E-state index contributed by atoms with van der Waals surface area (Å²) < 4.78 is 2.15. The zero-order chi connectivity index (χ0) is 11.0. The van der Waals surface area contributed by atoms with Crippen LogP contribution in [-0.2, 0) is 0 Å². The molecule has 3 nitrogen and oxygen atoms in total. The molecular formula is C12H14ClN3. The van der Waals surface area contributed by atoms with Gasteiger partial charge in [0.25, 0.3) is 0 Å². The quantitative estimate of drug-likeness (QED) is 0.824. The normalized spacial score (nSPS) is 18.1. The fraction of sp³-hybridized carbons (Fsp3) is 0.417. The Kier molecular flexibility index (Phi) is 2.58. The van der Waals surface area contributed by atoms with Crippen LogP contribution in [0.1, 0.15) is 18.9 Å². The molecule has 16 heavy (non-hydrogen) atoms. The number of rotatable bonds is 1. The van der Waals surface area contributed by atoms with Crippen LogP contribution in [-0.4, -0.2) is 22.9 Å². The highest BCUT2D eigenvalue weighted by molar-refractivity contribution is 6.31. The number of aromatic nitrogens is 2. The van der Waals surface area contributed by atoms with E-state index in [2.05, 4.69) is 21.2 Å². The van der Waals surface area contributed by atoms with E-state index < -0.39 is 0 Å². The highest BCUT2D eigenvalue weighted by atomic mass is 35.5. The Morgan fingerprint density at radius 1 is 1.31 bits per heavy atom. The summed E-state index contributed by atoms with van der Waals surface area (Å²) in [6.07, 6.45) is 4.21. The summed E-state index contributed by atoms with van der Waals surface area (Å²) in [5.74, 6) is 0. The molecule has 0 unspecified atom stereocenters. The first-order valence-electron chi connectivity index (χ1n) is 5.68. The SMILES string of the molecule is Clc1ccc2c(cnn2C2CCNCC2)c1. The Balaban J connectivity index is 2.03. The predicted molar refractivity (Wildman–Crippen MR) is 65.9 cm³/mol. The third kappa shape index (κ3) is 1.70. The number of hydrogen-bond acceptors (Lipinski definition) is 2. The maximum Gasteiger partial charge on any atom is 0.0686 e. The summed E-state index contributed by atoms with van der Waals surface area (Å²) in [4.78, 5) is 0. The Hall–Kier alpha value is -1.06. The van der Waals surface area contributed by atoms with E-state index in [-0.39, 0.29) is 0 Å². The van der Waals surface area contributed by atoms with Crippen LogP contribution >= 0.6 is 11.6 Å². The molecule has 0 bridgehead atoms. The molecule has 84 valence electrons. The molecule has 0 aliphatic carbocycles. The minimum atomic E-state index is 0.528. The fourth-order valence-electron chi connectivity index (χ4n) is 2.37. The molecule has 1 aromatic heterocycles. The summed E-state index contributed by atoms with van der Waals surface area (Å²) in [5.41, 5.74) is 1.19. The van der Waals surface area contributed by atoms with Gasteiger partial charge in [0.1, 0.15) is 0 Å². The van der Waals surface area contributed by atoms with Gasteiger partial charge in [0.2, 0.25) is 0 Å². The number of piperidine rings is 1. The first kappa shape index (κ1) is 10.1. The molecule has 0 radical (unpaired) electrons. The summed E-state index contributed by atoms with van der Waals surface area (Å²) in [6, 6.07) is 6.50. The number of fused-ring (bicyclic) bond motifs is 1. The molecule has 0 amide bonds. The lowest BCUT2D eigenvalue weighted by molar-refractivity contribution is 0.351. The average Bonchev–Trinajstić information content (AvgIpc) is 2.73. The molecule has 0 spiro atoms. The summed E-state index contributed by atoms with van der Waals surface area (Å²) in [7, 11) is 0. The van der Waals surface area contributed by atoms with Gasteiger partial charge >= 0.3 is 0 Å². The van der Waals surface area contributed by atoms with E-state index in [4.69, 9.17) is 11.6 Å². The molecule has 1 saturated heterocycles. The van der Waals surface area contributed by atoms with Crippen molar-refractivity contribution in [3.63, 3.8) is 0 Å². The molecule has 0 saturated carbocycles. The molecule has 1 aliphatic heterocycles. The van der Waals surface area contributed by atoms with Crippen molar-refractivity contribution in [1.82, 2.24) is 15.1 Å². The number of hydrogen-bond donors (Lipinski definition) is 1. The zero-order valence-corrected chi connectivity index (χ0v) is 9.74. The standard InChI is InChI=1S/C12H14ClN3/c13-10-1-2-12-9(7-10)8-15-16(12)11-3-5-14-6-4-11/h1-2,7-8,11,14H,3-6H2. The topological polar surface area (TPSA) is 29.9 Å². The lowest BCUT2D eigenvalue weighted by Gasteiger charge is -2.23. The second kappa shape index (κ2) is 4.07. The first-order chi connectivity index (χ1) is 7.84. The molecule has 1 N–H and O–H groups in total. The van der Waals surface area contributed by atoms with Gasteiger partial charge in [-0.15, -0.1) is 0 Å². The summed E-state index contributed by atoms with van der Waals surface area (Å²) in [6.45, 7) is 2.17. The van der Waals surface area contributed by atoms with Crippen LogP contribution in [0.15, 0.2) is 24.4 Å². The monoisotopic (exact) mass is 235 g/mol.